The lowest BCUT2D eigenvalue weighted by molar-refractivity contribution is -0.144. The largest absolute Gasteiger partial charge is 0.464 e. The number of carbonyl (C=O) groups excluding carboxylic acids is 1. The Labute approximate surface area is 116 Å². The van der Waals surface area contributed by atoms with Crippen molar-refractivity contribution in [2.24, 2.45) is 0 Å². The van der Waals surface area contributed by atoms with E-state index in [4.69, 9.17) is 4.74 Å². The van der Waals surface area contributed by atoms with Gasteiger partial charge in [-0.1, -0.05) is 38.8 Å². The third-order valence-corrected chi connectivity index (χ3v) is 2.98. The van der Waals surface area contributed by atoms with Crippen molar-refractivity contribution in [1.82, 2.24) is 0 Å². The second kappa shape index (κ2) is 8.57. The molecular formula is C16H25NO2. The van der Waals surface area contributed by atoms with Crippen LogP contribution in [0, 0.1) is 0 Å². The zero-order chi connectivity index (χ0) is 14.1. The van der Waals surface area contributed by atoms with Crippen LogP contribution in [0.15, 0.2) is 24.3 Å². The van der Waals surface area contributed by atoms with Gasteiger partial charge in [-0.15, -0.1) is 0 Å². The second-order valence-corrected chi connectivity index (χ2v) is 4.68. The number of hydrogen-bond acceptors (Lipinski definition) is 3. The van der Waals surface area contributed by atoms with E-state index >= 15 is 0 Å². The highest BCUT2D eigenvalue weighted by Crippen LogP contribution is 2.14. The summed E-state index contributed by atoms with van der Waals surface area (Å²) in [5.41, 5.74) is 2.31. The minimum atomic E-state index is -0.248. The highest BCUT2D eigenvalue weighted by atomic mass is 16.5. The molecule has 0 aliphatic carbocycles. The first-order chi connectivity index (χ1) is 9.21. The van der Waals surface area contributed by atoms with Gasteiger partial charge in [0.25, 0.3) is 0 Å². The summed E-state index contributed by atoms with van der Waals surface area (Å²) in [4.78, 5) is 11.8. The zero-order valence-electron chi connectivity index (χ0n) is 12.2. The first-order valence-corrected chi connectivity index (χ1v) is 7.23. The molecule has 0 bridgehead atoms. The topological polar surface area (TPSA) is 38.3 Å². The average Bonchev–Trinajstić information content (AvgIpc) is 2.41. The monoisotopic (exact) mass is 263 g/mol. The van der Waals surface area contributed by atoms with Crippen LogP contribution in [-0.4, -0.2) is 18.6 Å². The fourth-order valence-corrected chi connectivity index (χ4v) is 2.04. The summed E-state index contributed by atoms with van der Waals surface area (Å²) in [7, 11) is 0. The van der Waals surface area contributed by atoms with Crippen LogP contribution in [0.1, 0.15) is 45.6 Å². The van der Waals surface area contributed by atoms with Gasteiger partial charge in [-0.05, 0) is 37.5 Å². The Balaban J connectivity index is 2.64. The third-order valence-electron chi connectivity index (χ3n) is 2.98. The maximum Gasteiger partial charge on any atom is 0.328 e. The van der Waals surface area contributed by atoms with E-state index in [-0.39, 0.29) is 12.0 Å². The molecule has 1 aromatic carbocycles. The first-order valence-electron chi connectivity index (χ1n) is 7.23. The van der Waals surface area contributed by atoms with Gasteiger partial charge in [0.05, 0.1) is 6.61 Å². The Kier molecular flexibility index (Phi) is 7.01. The summed E-state index contributed by atoms with van der Waals surface area (Å²) in [6.45, 7) is 6.50. The van der Waals surface area contributed by atoms with E-state index in [1.54, 1.807) is 0 Å². The molecule has 106 valence electrons. The highest BCUT2D eigenvalue weighted by Gasteiger charge is 2.18. The number of rotatable bonds is 8. The number of nitrogens with one attached hydrogen (secondary N) is 1. The van der Waals surface area contributed by atoms with Crippen LogP contribution < -0.4 is 5.32 Å². The van der Waals surface area contributed by atoms with Crippen molar-refractivity contribution in [1.29, 1.82) is 0 Å². The van der Waals surface area contributed by atoms with Crippen LogP contribution in [-0.2, 0) is 16.0 Å². The fraction of sp³-hybridized carbons (Fsp3) is 0.562. The highest BCUT2D eigenvalue weighted by molar-refractivity contribution is 5.79. The second-order valence-electron chi connectivity index (χ2n) is 4.68. The van der Waals surface area contributed by atoms with Gasteiger partial charge in [0.15, 0.2) is 0 Å². The molecule has 0 saturated heterocycles. The lowest BCUT2D eigenvalue weighted by Gasteiger charge is -2.18. The van der Waals surface area contributed by atoms with Crippen LogP contribution >= 0.6 is 0 Å². The predicted molar refractivity (Wildman–Crippen MR) is 79.4 cm³/mol. The lowest BCUT2D eigenvalue weighted by atomic mass is 10.1. The van der Waals surface area contributed by atoms with Gasteiger partial charge < -0.3 is 10.1 Å². The molecule has 3 heteroatoms. The standard InChI is InChI=1S/C16H25NO2/c1-4-7-13-9-11-14(12-10-13)17-15(8-5-2)16(18)19-6-3/h9-12,15,17H,4-8H2,1-3H3. The summed E-state index contributed by atoms with van der Waals surface area (Å²) in [5.74, 6) is -0.165. The number of hydrogen-bond donors (Lipinski definition) is 1. The van der Waals surface area contributed by atoms with E-state index < -0.39 is 0 Å². The number of anilines is 1. The summed E-state index contributed by atoms with van der Waals surface area (Å²) in [6.07, 6.45) is 3.98. The van der Waals surface area contributed by atoms with E-state index in [0.717, 1.165) is 31.4 Å². The molecule has 0 fully saturated rings. The zero-order valence-corrected chi connectivity index (χ0v) is 12.2. The maximum atomic E-state index is 11.8. The molecule has 1 unspecified atom stereocenters. The van der Waals surface area contributed by atoms with Crippen molar-refractivity contribution in [3.8, 4) is 0 Å². The molecule has 0 aromatic heterocycles. The third kappa shape index (κ3) is 5.33. The van der Waals surface area contributed by atoms with Gasteiger partial charge in [0, 0.05) is 5.69 Å². The molecule has 0 radical (unpaired) electrons. The first kappa shape index (κ1) is 15.5. The van der Waals surface area contributed by atoms with Gasteiger partial charge in [-0.2, -0.15) is 0 Å². The molecule has 1 rings (SSSR count). The van der Waals surface area contributed by atoms with Crippen molar-refractivity contribution in [3.63, 3.8) is 0 Å². The molecular weight excluding hydrogens is 238 g/mol. The van der Waals surface area contributed by atoms with Crippen LogP contribution in [0.3, 0.4) is 0 Å². The van der Waals surface area contributed by atoms with E-state index in [9.17, 15) is 4.79 Å². The molecule has 0 spiro atoms. The number of esters is 1. The fourth-order valence-electron chi connectivity index (χ4n) is 2.04. The molecule has 0 amide bonds. The molecule has 0 saturated carbocycles. The molecule has 1 atom stereocenters. The number of aryl methyl sites for hydroxylation is 1. The quantitative estimate of drug-likeness (QED) is 0.725. The number of benzene rings is 1. The number of carbonyl (C=O) groups is 1. The van der Waals surface area contributed by atoms with Crippen molar-refractivity contribution >= 4 is 11.7 Å². The Hall–Kier alpha value is -1.51. The van der Waals surface area contributed by atoms with E-state index in [2.05, 4.69) is 31.3 Å². The van der Waals surface area contributed by atoms with Gasteiger partial charge >= 0.3 is 5.97 Å². The van der Waals surface area contributed by atoms with Crippen LogP contribution in [0.5, 0.6) is 0 Å². The molecule has 0 heterocycles. The number of ether oxygens (including phenoxy) is 1. The van der Waals surface area contributed by atoms with Gasteiger partial charge in [0.2, 0.25) is 0 Å². The van der Waals surface area contributed by atoms with Crippen molar-refractivity contribution in [2.45, 2.75) is 52.5 Å². The maximum absolute atomic E-state index is 11.8. The summed E-state index contributed by atoms with van der Waals surface area (Å²) in [5, 5.41) is 3.26. The minimum absolute atomic E-state index is 0.165. The Morgan fingerprint density at radius 1 is 1.16 bits per heavy atom. The normalized spacial score (nSPS) is 11.9. The Bertz CT molecular complexity index is 373. The van der Waals surface area contributed by atoms with Crippen molar-refractivity contribution in [3.05, 3.63) is 29.8 Å². The molecule has 0 aliphatic heterocycles. The van der Waals surface area contributed by atoms with E-state index in [0.29, 0.717) is 6.61 Å². The lowest BCUT2D eigenvalue weighted by Crippen LogP contribution is -2.31. The molecule has 0 aliphatic rings. The van der Waals surface area contributed by atoms with E-state index in [1.165, 1.54) is 5.56 Å². The summed E-state index contributed by atoms with van der Waals surface area (Å²) >= 11 is 0. The average molecular weight is 263 g/mol. The Morgan fingerprint density at radius 3 is 2.37 bits per heavy atom. The van der Waals surface area contributed by atoms with Crippen LogP contribution in [0.25, 0.3) is 0 Å². The van der Waals surface area contributed by atoms with Crippen LogP contribution in [0.2, 0.25) is 0 Å². The van der Waals surface area contributed by atoms with E-state index in [1.807, 2.05) is 19.1 Å². The van der Waals surface area contributed by atoms with Gasteiger partial charge in [-0.3, -0.25) is 0 Å². The predicted octanol–water partition coefficient (Wildman–Crippen LogP) is 3.78. The van der Waals surface area contributed by atoms with Crippen molar-refractivity contribution in [2.75, 3.05) is 11.9 Å². The smallest absolute Gasteiger partial charge is 0.328 e. The summed E-state index contributed by atoms with van der Waals surface area (Å²) in [6, 6.07) is 8.04. The summed E-state index contributed by atoms with van der Waals surface area (Å²) < 4.78 is 5.09. The Morgan fingerprint density at radius 2 is 1.84 bits per heavy atom. The van der Waals surface area contributed by atoms with Crippen molar-refractivity contribution < 1.29 is 9.53 Å². The molecule has 1 N–H and O–H groups in total. The molecule has 1 aromatic rings. The van der Waals surface area contributed by atoms with Crippen LogP contribution in [0.4, 0.5) is 5.69 Å². The SMILES string of the molecule is CCCc1ccc(NC(CCC)C(=O)OCC)cc1. The van der Waals surface area contributed by atoms with Gasteiger partial charge in [0.1, 0.15) is 6.04 Å². The minimum Gasteiger partial charge on any atom is -0.464 e. The molecule has 3 nitrogen and oxygen atoms in total. The van der Waals surface area contributed by atoms with Gasteiger partial charge in [-0.25, -0.2) is 4.79 Å². The molecule has 19 heavy (non-hydrogen) atoms.